The maximum Gasteiger partial charge on any atom is 0.330 e. The van der Waals surface area contributed by atoms with Gasteiger partial charge in [-0.2, -0.15) is 0 Å². The fourth-order valence-electron chi connectivity index (χ4n) is 2.03. The molecule has 0 spiro atoms. The second-order valence-corrected chi connectivity index (χ2v) is 3.95. The SMILES string of the molecule is C=CC(=O)O[C@H]1CO[C@H]2C1OC[C@@H]2OC(=O)C=C. The van der Waals surface area contributed by atoms with Gasteiger partial charge in [0.25, 0.3) is 0 Å². The third-order valence-electron chi connectivity index (χ3n) is 2.83. The molecule has 0 aromatic carbocycles. The van der Waals surface area contributed by atoms with Gasteiger partial charge < -0.3 is 18.9 Å². The molecule has 1 unspecified atom stereocenters. The van der Waals surface area contributed by atoms with Gasteiger partial charge in [-0.15, -0.1) is 0 Å². The van der Waals surface area contributed by atoms with Gasteiger partial charge in [-0.1, -0.05) is 13.2 Å². The minimum atomic E-state index is -0.528. The van der Waals surface area contributed by atoms with Crippen LogP contribution in [0.4, 0.5) is 0 Å². The molecule has 98 valence electrons. The van der Waals surface area contributed by atoms with Gasteiger partial charge in [0.2, 0.25) is 0 Å². The number of ether oxygens (including phenoxy) is 4. The Morgan fingerprint density at radius 1 is 0.944 bits per heavy atom. The van der Waals surface area contributed by atoms with Crippen LogP contribution in [0, 0.1) is 0 Å². The van der Waals surface area contributed by atoms with E-state index in [1.165, 1.54) is 0 Å². The predicted molar refractivity (Wildman–Crippen MR) is 59.6 cm³/mol. The summed E-state index contributed by atoms with van der Waals surface area (Å²) in [6.07, 6.45) is 0.364. The predicted octanol–water partition coefficient (Wildman–Crippen LogP) is -0.0204. The van der Waals surface area contributed by atoms with Gasteiger partial charge in [-0.05, 0) is 0 Å². The molecule has 18 heavy (non-hydrogen) atoms. The molecule has 2 fully saturated rings. The first-order valence-corrected chi connectivity index (χ1v) is 5.55. The van der Waals surface area contributed by atoms with Gasteiger partial charge in [0.1, 0.15) is 12.2 Å². The molecular weight excluding hydrogens is 240 g/mol. The molecule has 0 bridgehead atoms. The Labute approximate surface area is 104 Å². The molecule has 2 heterocycles. The summed E-state index contributed by atoms with van der Waals surface area (Å²) in [5, 5.41) is 0. The molecule has 0 amide bonds. The molecule has 2 aliphatic rings. The highest BCUT2D eigenvalue weighted by Crippen LogP contribution is 2.30. The average molecular weight is 254 g/mol. The van der Waals surface area contributed by atoms with Crippen LogP contribution < -0.4 is 0 Å². The molecule has 0 saturated carbocycles. The van der Waals surface area contributed by atoms with Gasteiger partial charge in [0.15, 0.2) is 12.2 Å². The highest BCUT2D eigenvalue weighted by Gasteiger charge is 2.50. The zero-order chi connectivity index (χ0) is 13.1. The first-order chi connectivity index (χ1) is 8.65. The van der Waals surface area contributed by atoms with Crippen LogP contribution >= 0.6 is 0 Å². The third-order valence-corrected chi connectivity index (χ3v) is 2.83. The van der Waals surface area contributed by atoms with E-state index in [2.05, 4.69) is 13.2 Å². The summed E-state index contributed by atoms with van der Waals surface area (Å²) in [4.78, 5) is 22.2. The van der Waals surface area contributed by atoms with Crippen LogP contribution in [0.5, 0.6) is 0 Å². The molecule has 0 N–H and O–H groups in total. The molecular formula is C12H14O6. The largest absolute Gasteiger partial charge is 0.454 e. The summed E-state index contributed by atoms with van der Waals surface area (Å²) >= 11 is 0. The van der Waals surface area contributed by atoms with E-state index in [1.807, 2.05) is 0 Å². The van der Waals surface area contributed by atoms with Crippen LogP contribution in [0.3, 0.4) is 0 Å². The Hall–Kier alpha value is -1.66. The summed E-state index contributed by atoms with van der Waals surface area (Å²) < 4.78 is 21.1. The summed E-state index contributed by atoms with van der Waals surface area (Å²) in [5.41, 5.74) is 0. The molecule has 2 saturated heterocycles. The maximum atomic E-state index is 11.1. The van der Waals surface area contributed by atoms with E-state index in [9.17, 15) is 9.59 Å². The average Bonchev–Trinajstić information content (AvgIpc) is 2.93. The summed E-state index contributed by atoms with van der Waals surface area (Å²) in [5.74, 6) is -1.06. The normalized spacial score (nSPS) is 33.6. The monoisotopic (exact) mass is 254 g/mol. The fraction of sp³-hybridized carbons (Fsp3) is 0.500. The van der Waals surface area contributed by atoms with Crippen molar-refractivity contribution in [1.82, 2.24) is 0 Å². The number of fused-ring (bicyclic) bond motifs is 1. The van der Waals surface area contributed by atoms with Crippen LogP contribution in [0.2, 0.25) is 0 Å². The molecule has 0 aromatic rings. The van der Waals surface area contributed by atoms with Crippen LogP contribution in [0.25, 0.3) is 0 Å². The molecule has 4 atom stereocenters. The Morgan fingerprint density at radius 2 is 1.33 bits per heavy atom. The van der Waals surface area contributed by atoms with Crippen LogP contribution in [-0.2, 0) is 28.5 Å². The lowest BCUT2D eigenvalue weighted by molar-refractivity contribution is -0.149. The van der Waals surface area contributed by atoms with Crippen molar-refractivity contribution in [3.05, 3.63) is 25.3 Å². The van der Waals surface area contributed by atoms with Gasteiger partial charge >= 0.3 is 11.9 Å². The molecule has 6 nitrogen and oxygen atoms in total. The molecule has 2 aliphatic heterocycles. The molecule has 6 heteroatoms. The fourth-order valence-corrected chi connectivity index (χ4v) is 2.03. The smallest absolute Gasteiger partial charge is 0.330 e. The summed E-state index contributed by atoms with van der Waals surface area (Å²) in [6, 6.07) is 0. The van der Waals surface area contributed by atoms with Crippen molar-refractivity contribution in [2.24, 2.45) is 0 Å². The topological polar surface area (TPSA) is 71.1 Å². The lowest BCUT2D eigenvalue weighted by Crippen LogP contribution is -2.35. The number of hydrogen-bond acceptors (Lipinski definition) is 6. The summed E-state index contributed by atoms with van der Waals surface area (Å²) in [7, 11) is 0. The first-order valence-electron chi connectivity index (χ1n) is 5.55. The minimum absolute atomic E-state index is 0.219. The van der Waals surface area contributed by atoms with E-state index in [-0.39, 0.29) is 13.2 Å². The number of hydrogen-bond donors (Lipinski definition) is 0. The van der Waals surface area contributed by atoms with E-state index >= 15 is 0 Å². The molecule has 0 aliphatic carbocycles. The first kappa shape index (κ1) is 12.8. The van der Waals surface area contributed by atoms with Crippen molar-refractivity contribution in [2.45, 2.75) is 24.4 Å². The maximum absolute atomic E-state index is 11.1. The molecule has 0 aromatic heterocycles. The Kier molecular flexibility index (Phi) is 3.78. The van der Waals surface area contributed by atoms with Crippen LogP contribution in [0.15, 0.2) is 25.3 Å². The standard InChI is InChI=1S/C12H14O6/c1-3-9(13)17-7-5-15-12-8(6-16-11(7)12)18-10(14)4-2/h3-4,7-8,11-12H,1-2,5-6H2/t7-,8-,11+,12?/m0/s1. The zero-order valence-electron chi connectivity index (χ0n) is 9.74. The molecule has 2 rings (SSSR count). The lowest BCUT2D eigenvalue weighted by atomic mass is 10.1. The van der Waals surface area contributed by atoms with Crippen molar-refractivity contribution in [1.29, 1.82) is 0 Å². The van der Waals surface area contributed by atoms with Gasteiger partial charge in [-0.3, -0.25) is 0 Å². The Balaban J connectivity index is 1.94. The van der Waals surface area contributed by atoms with Gasteiger partial charge in [-0.25, -0.2) is 9.59 Å². The Bertz CT molecular complexity index is 341. The van der Waals surface area contributed by atoms with Crippen molar-refractivity contribution in [3.63, 3.8) is 0 Å². The van der Waals surface area contributed by atoms with E-state index in [0.29, 0.717) is 0 Å². The van der Waals surface area contributed by atoms with E-state index in [1.54, 1.807) is 0 Å². The van der Waals surface area contributed by atoms with Crippen LogP contribution in [0.1, 0.15) is 0 Å². The summed E-state index contributed by atoms with van der Waals surface area (Å²) in [6.45, 7) is 7.07. The third kappa shape index (κ3) is 2.44. The second kappa shape index (κ2) is 5.32. The van der Waals surface area contributed by atoms with Crippen molar-refractivity contribution in [2.75, 3.05) is 13.2 Å². The van der Waals surface area contributed by atoms with Crippen molar-refractivity contribution < 1.29 is 28.5 Å². The molecule has 0 radical (unpaired) electrons. The van der Waals surface area contributed by atoms with E-state index in [4.69, 9.17) is 18.9 Å². The highest BCUT2D eigenvalue weighted by molar-refractivity contribution is 5.81. The van der Waals surface area contributed by atoms with E-state index < -0.39 is 36.4 Å². The van der Waals surface area contributed by atoms with Gasteiger partial charge in [0.05, 0.1) is 13.2 Å². The Morgan fingerprint density at radius 3 is 1.67 bits per heavy atom. The highest BCUT2D eigenvalue weighted by atomic mass is 16.7. The number of carbonyl (C=O) groups is 2. The minimum Gasteiger partial charge on any atom is -0.454 e. The number of esters is 2. The zero-order valence-corrected chi connectivity index (χ0v) is 9.74. The van der Waals surface area contributed by atoms with Gasteiger partial charge in [0, 0.05) is 12.2 Å². The van der Waals surface area contributed by atoms with E-state index in [0.717, 1.165) is 12.2 Å². The second-order valence-electron chi connectivity index (χ2n) is 3.95. The quantitative estimate of drug-likeness (QED) is 0.518. The number of rotatable bonds is 4. The van der Waals surface area contributed by atoms with Crippen molar-refractivity contribution >= 4 is 11.9 Å². The lowest BCUT2D eigenvalue weighted by Gasteiger charge is -2.16. The van der Waals surface area contributed by atoms with Crippen molar-refractivity contribution in [3.8, 4) is 0 Å². The number of carbonyl (C=O) groups excluding carboxylic acids is 2. The van der Waals surface area contributed by atoms with Crippen LogP contribution in [-0.4, -0.2) is 49.6 Å².